The van der Waals surface area contributed by atoms with Crippen LogP contribution in [0, 0.1) is 83.1 Å². The van der Waals surface area contributed by atoms with E-state index < -0.39 is 0 Å². The Labute approximate surface area is 853 Å². The second-order valence-electron chi connectivity index (χ2n) is 39.1. The SMILES string of the molecule is Cc1ccc(-c2cc(-c3cccc(-c4cc(C)cc(C)c4)c3)cc(-c3cc(-c4ccccc4)cc(-c4ccccc4)c3)c2)cc1.Cc1ccc(-c2cc(-c3ccccc3)cc(-c3cc(C)cc(-c4cccc(C)c4)c3)c2)cc1.Cc1ccc(-c2cc(-c3ccccc3)cc(-c3cccc(-c4cc(C)cc(C)c4)c3)c2)cc1.Cc1ccc(-c2cc(C)cc(-c3cc(-c4ccccc4)cc(-c4cccc(C)c4)c3)c2)cc1. The topological polar surface area (TPSA) is 0 Å². The number of hydrogen-bond donors (Lipinski definition) is 0. The van der Waals surface area contributed by atoms with E-state index in [-0.39, 0.29) is 0 Å². The third-order valence-electron chi connectivity index (χ3n) is 27.1. The molecule has 0 radical (unpaired) electrons. The van der Waals surface area contributed by atoms with Crippen LogP contribution in [0.15, 0.2) is 510 Å². The summed E-state index contributed by atoms with van der Waals surface area (Å²) < 4.78 is 0. The van der Waals surface area contributed by atoms with Crippen molar-refractivity contribution in [2.45, 2.75) is 83.1 Å². The van der Waals surface area contributed by atoms with Crippen LogP contribution in [0.2, 0.25) is 0 Å². The summed E-state index contributed by atoms with van der Waals surface area (Å²) in [4.78, 5) is 0. The Morgan fingerprint density at radius 1 is 0.0625 bits per heavy atom. The van der Waals surface area contributed by atoms with Gasteiger partial charge >= 0.3 is 0 Å². The van der Waals surface area contributed by atoms with Crippen molar-refractivity contribution in [1.82, 2.24) is 0 Å². The number of hydrogen-bond acceptors (Lipinski definition) is 0. The Bertz CT molecular complexity index is 8170. The first-order chi connectivity index (χ1) is 70.1. The lowest BCUT2D eigenvalue weighted by Crippen LogP contribution is -1.90. The quantitative estimate of drug-likeness (QED) is 0.0803. The first-order valence-corrected chi connectivity index (χ1v) is 50.2. The summed E-state index contributed by atoms with van der Waals surface area (Å²) >= 11 is 0. The Morgan fingerprint density at radius 3 is 0.368 bits per heavy atom. The van der Waals surface area contributed by atoms with Gasteiger partial charge in [0.25, 0.3) is 0 Å². The van der Waals surface area contributed by atoms with Crippen molar-refractivity contribution in [3.05, 3.63) is 576 Å². The summed E-state index contributed by atoms with van der Waals surface area (Å²) in [5, 5.41) is 0. The maximum atomic E-state index is 2.36. The van der Waals surface area contributed by atoms with Crippen molar-refractivity contribution < 1.29 is 0 Å². The van der Waals surface area contributed by atoms with Gasteiger partial charge in [-0.05, 0) is 410 Å². The standard InChI is InChI=1S/C45H36.3C33H28/c1-31-17-19-36(20-18-31)42-26-43(38-16-10-15-37(24-38)39-22-32(2)21-33(3)23-39)30-45(29-42)44-27-40(34-11-6-4-7-12-34)25-41(28-44)35-13-8-5-9-14-35;1-23-12-14-27(15-13-23)32-20-31(26-9-5-4-6-10-26)21-33(22-32)30-18-25(3)17-29(19-30)28-11-7-8-24(2)16-28;1-23-12-14-27(15-13-23)29-17-25(3)18-30(19-29)33-21-31(26-9-5-4-6-10-26)20-32(22-33)28-11-7-8-24(2)16-28;1-23-12-14-27(15-13-23)32-20-31(26-8-5-4-6-9-26)21-33(22-32)29-11-7-10-28(19-29)30-17-24(2)16-25(3)18-30/h4-30H,1-3H3;3*4-22H,1-3H3. The van der Waals surface area contributed by atoms with Gasteiger partial charge in [0, 0.05) is 0 Å². The molecule has 0 aromatic heterocycles. The molecule has 0 fully saturated rings. The van der Waals surface area contributed by atoms with Crippen LogP contribution in [-0.4, -0.2) is 0 Å². The molecule has 0 N–H and O–H groups in total. The zero-order valence-corrected chi connectivity index (χ0v) is 84.5. The van der Waals surface area contributed by atoms with Gasteiger partial charge in [0.1, 0.15) is 0 Å². The van der Waals surface area contributed by atoms with Gasteiger partial charge in [0.2, 0.25) is 0 Å². The summed E-state index contributed by atoms with van der Waals surface area (Å²) in [6.07, 6.45) is 0. The second-order valence-corrected chi connectivity index (χ2v) is 39.1. The zero-order valence-electron chi connectivity index (χ0n) is 84.5. The van der Waals surface area contributed by atoms with E-state index in [4.69, 9.17) is 0 Å². The lowest BCUT2D eigenvalue weighted by molar-refractivity contribution is 1.38. The Balaban J connectivity index is 0.000000123. The van der Waals surface area contributed by atoms with Crippen LogP contribution in [-0.2, 0) is 0 Å². The average Bonchev–Trinajstić information content (AvgIpc) is 0.780. The number of rotatable bonds is 18. The van der Waals surface area contributed by atoms with Gasteiger partial charge in [-0.25, -0.2) is 0 Å². The van der Waals surface area contributed by atoms with Crippen LogP contribution in [0.25, 0.3) is 200 Å². The lowest BCUT2D eigenvalue weighted by Gasteiger charge is -2.15. The molecular weight excluding hydrogens is 1730 g/mol. The van der Waals surface area contributed by atoms with Crippen LogP contribution in [0.3, 0.4) is 0 Å². The molecule has 696 valence electrons. The Morgan fingerprint density at radius 2 is 0.174 bits per heavy atom. The summed E-state index contributed by atoms with van der Waals surface area (Å²) in [7, 11) is 0. The van der Waals surface area contributed by atoms with Gasteiger partial charge in [-0.1, -0.05) is 450 Å². The molecule has 22 rings (SSSR count). The van der Waals surface area contributed by atoms with Crippen molar-refractivity contribution in [3.63, 3.8) is 0 Å². The first kappa shape index (κ1) is 95.7. The molecule has 0 aliphatic heterocycles. The monoisotopic (exact) mass is 1850 g/mol. The van der Waals surface area contributed by atoms with Gasteiger partial charge < -0.3 is 0 Å². The van der Waals surface area contributed by atoms with Gasteiger partial charge in [-0.2, -0.15) is 0 Å². The molecular formula is C144H120. The molecule has 0 bridgehead atoms. The Hall–Kier alpha value is -17.2. The van der Waals surface area contributed by atoms with Crippen LogP contribution in [0.5, 0.6) is 0 Å². The van der Waals surface area contributed by atoms with Gasteiger partial charge in [0.15, 0.2) is 0 Å². The maximum Gasteiger partial charge on any atom is -0.0171 e. The molecule has 0 saturated carbocycles. The van der Waals surface area contributed by atoms with Crippen LogP contribution in [0.4, 0.5) is 0 Å². The van der Waals surface area contributed by atoms with Crippen molar-refractivity contribution in [2.24, 2.45) is 0 Å². The van der Waals surface area contributed by atoms with E-state index in [2.05, 4.69) is 593 Å². The normalized spacial score (nSPS) is 10.9. The Kier molecular flexibility index (Phi) is 29.3. The highest BCUT2D eigenvalue weighted by Gasteiger charge is 2.19. The highest BCUT2D eigenvalue weighted by molar-refractivity contribution is 5.91. The third-order valence-corrected chi connectivity index (χ3v) is 27.1. The van der Waals surface area contributed by atoms with E-state index in [0.29, 0.717) is 0 Å². The van der Waals surface area contributed by atoms with Gasteiger partial charge in [-0.15, -0.1) is 0 Å². The van der Waals surface area contributed by atoms with E-state index in [1.165, 1.54) is 267 Å². The first-order valence-electron chi connectivity index (χ1n) is 50.2. The molecule has 22 aromatic rings. The summed E-state index contributed by atoms with van der Waals surface area (Å²) in [5.41, 5.74) is 59.8. The lowest BCUT2D eigenvalue weighted by atomic mass is 9.89. The smallest absolute Gasteiger partial charge is 0.0171 e. The van der Waals surface area contributed by atoms with Crippen molar-refractivity contribution in [1.29, 1.82) is 0 Å². The van der Waals surface area contributed by atoms with E-state index in [0.717, 1.165) is 0 Å². The molecule has 0 spiro atoms. The van der Waals surface area contributed by atoms with Crippen molar-refractivity contribution in [3.8, 4) is 200 Å². The van der Waals surface area contributed by atoms with E-state index in [1.54, 1.807) is 0 Å². The van der Waals surface area contributed by atoms with E-state index in [1.807, 2.05) is 0 Å². The summed E-state index contributed by atoms with van der Waals surface area (Å²) in [5.74, 6) is 0. The minimum atomic E-state index is 1.20. The molecule has 0 saturated heterocycles. The van der Waals surface area contributed by atoms with Gasteiger partial charge in [-0.3, -0.25) is 0 Å². The zero-order chi connectivity index (χ0) is 99.1. The largest absolute Gasteiger partial charge is 0.0622 e. The maximum absolute atomic E-state index is 2.36. The molecule has 0 heteroatoms. The van der Waals surface area contributed by atoms with Crippen molar-refractivity contribution in [2.75, 3.05) is 0 Å². The molecule has 0 amide bonds. The minimum Gasteiger partial charge on any atom is -0.0622 e. The van der Waals surface area contributed by atoms with Gasteiger partial charge in [0.05, 0.1) is 0 Å². The fourth-order valence-corrected chi connectivity index (χ4v) is 19.7. The molecule has 0 aliphatic carbocycles. The highest BCUT2D eigenvalue weighted by atomic mass is 14.2. The molecule has 0 nitrogen and oxygen atoms in total. The van der Waals surface area contributed by atoms with E-state index in [9.17, 15) is 0 Å². The fourth-order valence-electron chi connectivity index (χ4n) is 19.7. The second kappa shape index (κ2) is 44.1. The third kappa shape index (κ3) is 23.9. The molecule has 0 heterocycles. The van der Waals surface area contributed by atoms with Crippen LogP contribution >= 0.6 is 0 Å². The highest BCUT2D eigenvalue weighted by Crippen LogP contribution is 2.44. The predicted octanol–water partition coefficient (Wildman–Crippen LogP) is 40.5. The molecule has 0 atom stereocenters. The fraction of sp³-hybridized carbons (Fsp3) is 0.0833. The summed E-state index contributed by atoms with van der Waals surface area (Å²) in [6, 6.07) is 186. The minimum absolute atomic E-state index is 1.20. The molecule has 0 aliphatic rings. The predicted molar refractivity (Wildman–Crippen MR) is 620 cm³/mol. The molecule has 22 aromatic carbocycles. The molecule has 144 heavy (non-hydrogen) atoms. The molecule has 0 unspecified atom stereocenters. The summed E-state index contributed by atoms with van der Waals surface area (Å²) in [6.45, 7) is 25.9. The number of aryl methyl sites for hydroxylation is 12. The average molecular weight is 1850 g/mol. The number of benzene rings is 22. The van der Waals surface area contributed by atoms with Crippen LogP contribution in [0.1, 0.15) is 66.8 Å². The van der Waals surface area contributed by atoms with Crippen molar-refractivity contribution >= 4 is 0 Å². The van der Waals surface area contributed by atoms with E-state index >= 15 is 0 Å². The van der Waals surface area contributed by atoms with Crippen LogP contribution < -0.4 is 0 Å².